The van der Waals surface area contributed by atoms with Crippen molar-refractivity contribution in [2.45, 2.75) is 38.9 Å². The monoisotopic (exact) mass is 539 g/mol. The molecule has 1 aliphatic rings. The van der Waals surface area contributed by atoms with Gasteiger partial charge in [0.2, 0.25) is 0 Å². The lowest BCUT2D eigenvalue weighted by Gasteiger charge is -2.24. The van der Waals surface area contributed by atoms with Crippen molar-refractivity contribution < 1.29 is 0 Å². The highest BCUT2D eigenvalue weighted by Gasteiger charge is 2.16. The molecule has 3 rings (SSSR count). The van der Waals surface area contributed by atoms with Crippen LogP contribution in [0.2, 0.25) is 0 Å². The molecule has 0 bridgehead atoms. The van der Waals surface area contributed by atoms with E-state index in [4.69, 9.17) is 4.99 Å². The molecule has 1 aliphatic heterocycles. The quantitative estimate of drug-likeness (QED) is 0.292. The summed E-state index contributed by atoms with van der Waals surface area (Å²) >= 11 is 0. The minimum atomic E-state index is 0. The molecule has 172 valence electrons. The standard InChI is InChI=1S/C23H37N7.HI/c1-5-24-23(26-16-22(28(2)3)21-15-27-29(4)18-21)25-14-19-8-10-20(11-9-19)17-30-12-6-7-13-30;/h8-11,15,18,22H,5-7,12-14,16-17H2,1-4H3,(H2,24,25,26);1H. The molecule has 0 aliphatic carbocycles. The summed E-state index contributed by atoms with van der Waals surface area (Å²) in [4.78, 5) is 9.52. The van der Waals surface area contributed by atoms with Gasteiger partial charge in [0.15, 0.2) is 5.96 Å². The van der Waals surface area contributed by atoms with E-state index in [1.54, 1.807) is 0 Å². The SMILES string of the molecule is CCNC(=NCc1ccc(CN2CCCC2)cc1)NCC(c1cnn(C)c1)N(C)C.I. The molecule has 1 aromatic heterocycles. The third-order valence-corrected chi connectivity index (χ3v) is 5.59. The molecule has 7 nitrogen and oxygen atoms in total. The van der Waals surface area contributed by atoms with E-state index in [1.165, 1.54) is 42.6 Å². The Morgan fingerprint density at radius 1 is 1.13 bits per heavy atom. The van der Waals surface area contributed by atoms with Crippen LogP contribution in [0.25, 0.3) is 0 Å². The normalized spacial score (nSPS) is 15.7. The first kappa shape index (κ1) is 25.6. The van der Waals surface area contributed by atoms with Crippen LogP contribution in [0.15, 0.2) is 41.7 Å². The Kier molecular flexibility index (Phi) is 10.8. The maximum atomic E-state index is 4.79. The van der Waals surface area contributed by atoms with Crippen LogP contribution in [-0.2, 0) is 20.1 Å². The lowest BCUT2D eigenvalue weighted by molar-refractivity contribution is 0.298. The summed E-state index contributed by atoms with van der Waals surface area (Å²) in [5.41, 5.74) is 3.81. The van der Waals surface area contributed by atoms with Crippen molar-refractivity contribution in [3.63, 3.8) is 0 Å². The second kappa shape index (κ2) is 13.0. The largest absolute Gasteiger partial charge is 0.357 e. The van der Waals surface area contributed by atoms with Crippen LogP contribution >= 0.6 is 24.0 Å². The molecular weight excluding hydrogens is 501 g/mol. The van der Waals surface area contributed by atoms with Crippen molar-refractivity contribution in [2.75, 3.05) is 40.3 Å². The molecule has 1 aromatic carbocycles. The predicted octanol–water partition coefficient (Wildman–Crippen LogP) is 2.99. The van der Waals surface area contributed by atoms with Crippen LogP contribution in [0.4, 0.5) is 0 Å². The number of nitrogens with one attached hydrogen (secondary N) is 2. The van der Waals surface area contributed by atoms with Gasteiger partial charge in [0, 0.05) is 38.4 Å². The average Bonchev–Trinajstić information content (AvgIpc) is 3.39. The smallest absolute Gasteiger partial charge is 0.191 e. The Morgan fingerprint density at radius 2 is 1.81 bits per heavy atom. The molecule has 2 heterocycles. The molecule has 0 spiro atoms. The predicted molar refractivity (Wildman–Crippen MR) is 139 cm³/mol. The maximum absolute atomic E-state index is 4.79. The number of benzene rings is 1. The second-order valence-corrected chi connectivity index (χ2v) is 8.30. The van der Waals surface area contributed by atoms with Gasteiger partial charge in [-0.2, -0.15) is 5.10 Å². The van der Waals surface area contributed by atoms with Crippen molar-refractivity contribution in [2.24, 2.45) is 12.0 Å². The van der Waals surface area contributed by atoms with Gasteiger partial charge in [0.05, 0.1) is 18.8 Å². The number of aryl methyl sites for hydroxylation is 1. The molecule has 2 N–H and O–H groups in total. The number of likely N-dealkylation sites (tertiary alicyclic amines) is 1. The first-order chi connectivity index (χ1) is 14.5. The molecule has 0 saturated carbocycles. The van der Waals surface area contributed by atoms with Crippen LogP contribution < -0.4 is 10.6 Å². The van der Waals surface area contributed by atoms with Gasteiger partial charge in [-0.25, -0.2) is 4.99 Å². The van der Waals surface area contributed by atoms with Gasteiger partial charge in [-0.3, -0.25) is 9.58 Å². The zero-order valence-corrected chi connectivity index (χ0v) is 21.7. The molecule has 1 saturated heterocycles. The van der Waals surface area contributed by atoms with Crippen LogP contribution in [0.3, 0.4) is 0 Å². The van der Waals surface area contributed by atoms with Crippen LogP contribution in [-0.4, -0.2) is 65.8 Å². The number of aliphatic imine (C=N–C) groups is 1. The Morgan fingerprint density at radius 3 is 2.39 bits per heavy atom. The van der Waals surface area contributed by atoms with Crippen molar-refractivity contribution in [1.82, 2.24) is 30.2 Å². The highest BCUT2D eigenvalue weighted by molar-refractivity contribution is 14.0. The van der Waals surface area contributed by atoms with E-state index in [9.17, 15) is 0 Å². The number of likely N-dealkylation sites (N-methyl/N-ethyl adjacent to an activating group) is 1. The average molecular weight is 540 g/mol. The number of hydrogen-bond acceptors (Lipinski definition) is 4. The van der Waals surface area contributed by atoms with E-state index in [1.807, 2.05) is 17.9 Å². The summed E-state index contributed by atoms with van der Waals surface area (Å²) in [5, 5.41) is 11.2. The van der Waals surface area contributed by atoms with Gasteiger partial charge in [-0.05, 0) is 58.1 Å². The van der Waals surface area contributed by atoms with E-state index >= 15 is 0 Å². The maximum Gasteiger partial charge on any atom is 0.191 e. The molecule has 1 atom stereocenters. The molecule has 0 amide bonds. The highest BCUT2D eigenvalue weighted by Crippen LogP contribution is 2.16. The van der Waals surface area contributed by atoms with Gasteiger partial charge < -0.3 is 15.5 Å². The Hall–Kier alpha value is -1.65. The summed E-state index contributed by atoms with van der Waals surface area (Å²) in [6.45, 7) is 7.88. The Labute approximate surface area is 204 Å². The van der Waals surface area contributed by atoms with Gasteiger partial charge in [0.1, 0.15) is 0 Å². The number of hydrogen-bond donors (Lipinski definition) is 2. The molecule has 2 aromatic rings. The van der Waals surface area contributed by atoms with Crippen molar-refractivity contribution >= 4 is 29.9 Å². The summed E-state index contributed by atoms with van der Waals surface area (Å²) in [7, 11) is 6.13. The van der Waals surface area contributed by atoms with Crippen LogP contribution in [0.5, 0.6) is 0 Å². The molecule has 31 heavy (non-hydrogen) atoms. The van der Waals surface area contributed by atoms with E-state index in [2.05, 4.69) is 77.0 Å². The Bertz CT molecular complexity index is 795. The topological polar surface area (TPSA) is 60.7 Å². The van der Waals surface area contributed by atoms with Crippen LogP contribution in [0.1, 0.15) is 42.5 Å². The van der Waals surface area contributed by atoms with E-state index in [-0.39, 0.29) is 30.0 Å². The fraction of sp³-hybridized carbons (Fsp3) is 0.565. The molecule has 8 heteroatoms. The van der Waals surface area contributed by atoms with Gasteiger partial charge in [-0.15, -0.1) is 24.0 Å². The first-order valence-electron chi connectivity index (χ1n) is 11.0. The number of nitrogens with zero attached hydrogens (tertiary/aromatic N) is 5. The van der Waals surface area contributed by atoms with E-state index < -0.39 is 0 Å². The minimum Gasteiger partial charge on any atom is -0.357 e. The molecule has 1 fully saturated rings. The summed E-state index contributed by atoms with van der Waals surface area (Å²) in [5.74, 6) is 0.842. The van der Waals surface area contributed by atoms with Crippen LogP contribution in [0, 0.1) is 0 Å². The number of halogens is 1. The molecule has 1 unspecified atom stereocenters. The zero-order chi connectivity index (χ0) is 21.3. The minimum absolute atomic E-state index is 0. The fourth-order valence-electron chi connectivity index (χ4n) is 3.87. The highest BCUT2D eigenvalue weighted by atomic mass is 127. The first-order valence-corrected chi connectivity index (χ1v) is 11.0. The summed E-state index contributed by atoms with van der Waals surface area (Å²) in [6, 6.07) is 9.13. The Balaban J connectivity index is 0.00000341. The van der Waals surface area contributed by atoms with Crippen molar-refractivity contribution in [3.05, 3.63) is 53.3 Å². The van der Waals surface area contributed by atoms with Gasteiger partial charge in [-0.1, -0.05) is 24.3 Å². The summed E-state index contributed by atoms with van der Waals surface area (Å²) in [6.07, 6.45) is 6.67. The fourth-order valence-corrected chi connectivity index (χ4v) is 3.87. The lowest BCUT2D eigenvalue weighted by atomic mass is 10.1. The van der Waals surface area contributed by atoms with Crippen molar-refractivity contribution in [3.8, 4) is 0 Å². The third kappa shape index (κ3) is 8.08. The third-order valence-electron chi connectivity index (χ3n) is 5.59. The molecular formula is C23H38IN7. The van der Waals surface area contributed by atoms with E-state index in [0.29, 0.717) is 6.54 Å². The van der Waals surface area contributed by atoms with Gasteiger partial charge >= 0.3 is 0 Å². The van der Waals surface area contributed by atoms with E-state index in [0.717, 1.165) is 25.6 Å². The lowest BCUT2D eigenvalue weighted by Crippen LogP contribution is -2.41. The molecule has 0 radical (unpaired) electrons. The zero-order valence-electron chi connectivity index (χ0n) is 19.3. The van der Waals surface area contributed by atoms with Gasteiger partial charge in [0.25, 0.3) is 0 Å². The summed E-state index contributed by atoms with van der Waals surface area (Å²) < 4.78 is 1.85. The van der Waals surface area contributed by atoms with Crippen molar-refractivity contribution in [1.29, 1.82) is 0 Å². The number of rotatable bonds is 9. The number of guanidine groups is 1. The second-order valence-electron chi connectivity index (χ2n) is 8.30. The number of aromatic nitrogens is 2.